The molecule has 1 fully saturated rings. The molecule has 0 aliphatic carbocycles. The molecule has 2 aromatic carbocycles. The van der Waals surface area contributed by atoms with Gasteiger partial charge in [0.25, 0.3) is 5.91 Å². The van der Waals surface area contributed by atoms with Crippen LogP contribution in [0.1, 0.15) is 33.8 Å². The van der Waals surface area contributed by atoms with Gasteiger partial charge in [-0.15, -0.1) is 0 Å². The first-order chi connectivity index (χ1) is 11.2. The number of benzene rings is 2. The first-order valence-electron chi connectivity index (χ1n) is 8.06. The van der Waals surface area contributed by atoms with Crippen molar-refractivity contribution < 1.29 is 4.79 Å². The van der Waals surface area contributed by atoms with Crippen molar-refractivity contribution in [2.75, 3.05) is 19.6 Å². The minimum absolute atomic E-state index is 0.0233. The van der Waals surface area contributed by atoms with E-state index in [0.717, 1.165) is 42.1 Å². The maximum absolute atomic E-state index is 12.3. The van der Waals surface area contributed by atoms with Crippen molar-refractivity contribution in [2.24, 2.45) is 0 Å². The molecule has 23 heavy (non-hydrogen) atoms. The second-order valence-electron chi connectivity index (χ2n) is 5.91. The second-order valence-corrected chi connectivity index (χ2v) is 6.32. The summed E-state index contributed by atoms with van der Waals surface area (Å²) in [7, 11) is 0. The molecular weight excluding hydrogens is 308 g/mol. The molecule has 1 heterocycles. The highest BCUT2D eigenvalue weighted by Gasteiger charge is 2.17. The monoisotopic (exact) mass is 328 g/mol. The summed E-state index contributed by atoms with van der Waals surface area (Å²) in [5, 5.41) is 7.09. The first kappa shape index (κ1) is 16.0. The number of carbonyl (C=O) groups excluding carboxylic acids is 1. The van der Waals surface area contributed by atoms with E-state index < -0.39 is 0 Å². The van der Waals surface area contributed by atoms with E-state index in [0.29, 0.717) is 12.5 Å². The van der Waals surface area contributed by atoms with Crippen molar-refractivity contribution in [1.29, 1.82) is 0 Å². The van der Waals surface area contributed by atoms with E-state index in [1.54, 1.807) is 0 Å². The van der Waals surface area contributed by atoms with Crippen LogP contribution in [0.5, 0.6) is 0 Å². The maximum Gasteiger partial charge on any atom is 0.251 e. The van der Waals surface area contributed by atoms with Crippen LogP contribution in [0.25, 0.3) is 0 Å². The smallest absolute Gasteiger partial charge is 0.251 e. The van der Waals surface area contributed by atoms with Crippen molar-refractivity contribution >= 4 is 17.5 Å². The predicted octanol–water partition coefficient (Wildman–Crippen LogP) is 3.39. The molecule has 120 valence electrons. The van der Waals surface area contributed by atoms with E-state index >= 15 is 0 Å². The molecule has 1 saturated heterocycles. The van der Waals surface area contributed by atoms with Gasteiger partial charge in [-0.2, -0.15) is 0 Å². The van der Waals surface area contributed by atoms with Crippen molar-refractivity contribution in [1.82, 2.24) is 10.6 Å². The molecule has 1 unspecified atom stereocenters. The molecule has 2 N–H and O–H groups in total. The molecular formula is C19H21ClN2O. The van der Waals surface area contributed by atoms with Crippen LogP contribution in [-0.2, 0) is 6.42 Å². The SMILES string of the molecule is O=C(NCCc1ccccc1Cl)c1cccc(C2CCNC2)c1. The Morgan fingerprint density at radius 1 is 1.22 bits per heavy atom. The van der Waals surface area contributed by atoms with Gasteiger partial charge in [-0.25, -0.2) is 0 Å². The van der Waals surface area contributed by atoms with Gasteiger partial charge in [-0.05, 0) is 54.6 Å². The van der Waals surface area contributed by atoms with Crippen LogP contribution in [0, 0.1) is 0 Å². The van der Waals surface area contributed by atoms with Crippen LogP contribution < -0.4 is 10.6 Å². The van der Waals surface area contributed by atoms with Crippen LogP contribution in [0.2, 0.25) is 5.02 Å². The predicted molar refractivity (Wildman–Crippen MR) is 94.2 cm³/mol. The van der Waals surface area contributed by atoms with E-state index in [1.165, 1.54) is 5.56 Å². The molecule has 1 aliphatic heterocycles. The van der Waals surface area contributed by atoms with Crippen LogP contribution >= 0.6 is 11.6 Å². The standard InChI is InChI=1S/C19H21ClN2O/c20-18-7-2-1-4-14(18)9-11-22-19(23)16-6-3-5-15(12-16)17-8-10-21-13-17/h1-7,12,17,21H,8-11,13H2,(H,22,23). The average Bonchev–Trinajstić information content (AvgIpc) is 3.11. The fraction of sp³-hybridized carbons (Fsp3) is 0.316. The van der Waals surface area contributed by atoms with Crippen LogP contribution in [0.15, 0.2) is 48.5 Å². The van der Waals surface area contributed by atoms with Crippen LogP contribution in [0.3, 0.4) is 0 Å². The highest BCUT2D eigenvalue weighted by atomic mass is 35.5. The van der Waals surface area contributed by atoms with Crippen molar-refractivity contribution in [3.8, 4) is 0 Å². The van der Waals surface area contributed by atoms with E-state index in [-0.39, 0.29) is 5.91 Å². The third-order valence-corrected chi connectivity index (χ3v) is 4.69. The third kappa shape index (κ3) is 4.12. The fourth-order valence-electron chi connectivity index (χ4n) is 2.99. The van der Waals surface area contributed by atoms with Gasteiger partial charge in [-0.3, -0.25) is 4.79 Å². The molecule has 1 atom stereocenters. The van der Waals surface area contributed by atoms with Crippen molar-refractivity contribution in [3.05, 3.63) is 70.2 Å². The highest BCUT2D eigenvalue weighted by molar-refractivity contribution is 6.31. The summed E-state index contributed by atoms with van der Waals surface area (Å²) in [5.74, 6) is 0.496. The molecule has 2 aromatic rings. The zero-order valence-electron chi connectivity index (χ0n) is 13.0. The first-order valence-corrected chi connectivity index (χ1v) is 8.44. The Kier molecular flexibility index (Phi) is 5.31. The van der Waals surface area contributed by atoms with E-state index in [2.05, 4.69) is 16.7 Å². The van der Waals surface area contributed by atoms with E-state index in [9.17, 15) is 4.79 Å². The second kappa shape index (κ2) is 7.62. The summed E-state index contributed by atoms with van der Waals surface area (Å²) in [6, 6.07) is 15.7. The number of rotatable bonds is 5. The number of halogens is 1. The lowest BCUT2D eigenvalue weighted by atomic mass is 9.96. The number of hydrogen-bond acceptors (Lipinski definition) is 2. The van der Waals surface area contributed by atoms with Gasteiger partial charge in [0.05, 0.1) is 0 Å². The largest absolute Gasteiger partial charge is 0.352 e. The Hall–Kier alpha value is -1.84. The molecule has 3 rings (SSSR count). The zero-order chi connectivity index (χ0) is 16.1. The van der Waals surface area contributed by atoms with E-state index in [1.807, 2.05) is 42.5 Å². The van der Waals surface area contributed by atoms with Crippen LogP contribution in [0.4, 0.5) is 0 Å². The Bertz CT molecular complexity index is 681. The average molecular weight is 329 g/mol. The number of carbonyl (C=O) groups is 1. The van der Waals surface area contributed by atoms with Gasteiger partial charge < -0.3 is 10.6 Å². The summed E-state index contributed by atoms with van der Waals surface area (Å²) in [5.41, 5.74) is 3.03. The number of hydrogen-bond donors (Lipinski definition) is 2. The maximum atomic E-state index is 12.3. The molecule has 0 saturated carbocycles. The van der Waals surface area contributed by atoms with Gasteiger partial charge in [0.2, 0.25) is 0 Å². The molecule has 0 bridgehead atoms. The van der Waals surface area contributed by atoms with Crippen molar-refractivity contribution in [3.63, 3.8) is 0 Å². The molecule has 0 spiro atoms. The topological polar surface area (TPSA) is 41.1 Å². The lowest BCUT2D eigenvalue weighted by Crippen LogP contribution is -2.26. The molecule has 0 aromatic heterocycles. The summed E-state index contributed by atoms with van der Waals surface area (Å²) >= 11 is 6.13. The molecule has 1 amide bonds. The Morgan fingerprint density at radius 3 is 2.87 bits per heavy atom. The van der Waals surface area contributed by atoms with Gasteiger partial charge in [0.1, 0.15) is 0 Å². The van der Waals surface area contributed by atoms with Gasteiger partial charge >= 0.3 is 0 Å². The van der Waals surface area contributed by atoms with Gasteiger partial charge in [-0.1, -0.05) is 41.9 Å². The summed E-state index contributed by atoms with van der Waals surface area (Å²) in [6.07, 6.45) is 1.87. The third-order valence-electron chi connectivity index (χ3n) is 4.32. The lowest BCUT2D eigenvalue weighted by Gasteiger charge is -2.11. The Labute approximate surface area is 142 Å². The van der Waals surface area contributed by atoms with Gasteiger partial charge in [0.15, 0.2) is 0 Å². The quantitative estimate of drug-likeness (QED) is 0.883. The Morgan fingerprint density at radius 2 is 2.09 bits per heavy atom. The normalized spacial score (nSPS) is 17.2. The van der Waals surface area contributed by atoms with Crippen molar-refractivity contribution in [2.45, 2.75) is 18.8 Å². The Balaban J connectivity index is 1.58. The highest BCUT2D eigenvalue weighted by Crippen LogP contribution is 2.23. The summed E-state index contributed by atoms with van der Waals surface area (Å²) < 4.78 is 0. The minimum atomic E-state index is -0.0233. The molecule has 4 heteroatoms. The lowest BCUT2D eigenvalue weighted by molar-refractivity contribution is 0.0954. The van der Waals surface area contributed by atoms with Gasteiger partial charge in [0, 0.05) is 23.7 Å². The fourth-order valence-corrected chi connectivity index (χ4v) is 3.22. The van der Waals surface area contributed by atoms with Crippen LogP contribution in [-0.4, -0.2) is 25.5 Å². The number of amides is 1. The summed E-state index contributed by atoms with van der Waals surface area (Å²) in [6.45, 7) is 2.63. The number of nitrogens with one attached hydrogen (secondary N) is 2. The zero-order valence-corrected chi connectivity index (χ0v) is 13.8. The molecule has 3 nitrogen and oxygen atoms in total. The molecule has 0 radical (unpaired) electrons. The minimum Gasteiger partial charge on any atom is -0.352 e. The summed E-state index contributed by atoms with van der Waals surface area (Å²) in [4.78, 5) is 12.3. The molecule has 1 aliphatic rings. The van der Waals surface area contributed by atoms with E-state index in [4.69, 9.17) is 11.6 Å².